The summed E-state index contributed by atoms with van der Waals surface area (Å²) in [5.74, 6) is 0. The lowest BCUT2D eigenvalue weighted by Gasteiger charge is -2.17. The Kier molecular flexibility index (Phi) is 4.57. The van der Waals surface area contributed by atoms with Crippen LogP contribution in [0.2, 0.25) is 5.02 Å². The summed E-state index contributed by atoms with van der Waals surface area (Å²) >= 11 is 6.21. The predicted molar refractivity (Wildman–Crippen MR) is 85.9 cm³/mol. The van der Waals surface area contributed by atoms with Gasteiger partial charge in [0.25, 0.3) is 0 Å². The molecular formula is C17H17ClO5. The van der Waals surface area contributed by atoms with Gasteiger partial charge in [-0.2, -0.15) is 0 Å². The molecule has 6 heteroatoms. The van der Waals surface area contributed by atoms with Gasteiger partial charge in [-0.05, 0) is 44.2 Å². The van der Waals surface area contributed by atoms with E-state index in [0.29, 0.717) is 16.2 Å². The average Bonchev–Trinajstić information content (AvgIpc) is 2.54. The highest BCUT2D eigenvalue weighted by Gasteiger charge is 2.19. The first kappa shape index (κ1) is 15.9. The van der Waals surface area contributed by atoms with Crippen LogP contribution in [0.5, 0.6) is 0 Å². The van der Waals surface area contributed by atoms with Gasteiger partial charge >= 0.3 is 11.8 Å². The molecule has 0 spiro atoms. The second-order valence-electron chi connectivity index (χ2n) is 5.47. The number of ether oxygens (including phenoxy) is 2. The Bertz CT molecular complexity index is 809. The summed E-state index contributed by atoms with van der Waals surface area (Å²) in [6.45, 7) is 1.98. The maximum atomic E-state index is 12.1. The van der Waals surface area contributed by atoms with E-state index in [0.717, 1.165) is 42.2 Å². The van der Waals surface area contributed by atoms with Crippen LogP contribution in [0, 0.1) is 0 Å². The molecule has 0 N–H and O–H groups in total. The topological polar surface area (TPSA) is 65.7 Å². The highest BCUT2D eigenvalue weighted by Crippen LogP contribution is 2.31. The van der Waals surface area contributed by atoms with Crippen molar-refractivity contribution in [3.05, 3.63) is 44.3 Å². The molecule has 1 aromatic heterocycles. The molecule has 0 amide bonds. The molecule has 0 radical (unpaired) electrons. The number of carbonyl (C=O) groups is 1. The number of hydrogen-bond donors (Lipinski definition) is 0. The third kappa shape index (κ3) is 3.20. The van der Waals surface area contributed by atoms with E-state index in [4.69, 9.17) is 25.5 Å². The first-order valence-corrected chi connectivity index (χ1v) is 8.04. The van der Waals surface area contributed by atoms with Crippen LogP contribution < -0.4 is 5.63 Å². The van der Waals surface area contributed by atoms with E-state index in [-0.39, 0.29) is 18.8 Å². The molecule has 5 nitrogen and oxygen atoms in total. The van der Waals surface area contributed by atoms with Crippen molar-refractivity contribution in [3.8, 4) is 0 Å². The first-order valence-electron chi connectivity index (χ1n) is 7.66. The van der Waals surface area contributed by atoms with Crippen LogP contribution >= 0.6 is 11.6 Å². The fourth-order valence-corrected chi connectivity index (χ4v) is 3.12. The van der Waals surface area contributed by atoms with Crippen LogP contribution in [-0.4, -0.2) is 12.8 Å². The van der Waals surface area contributed by atoms with Gasteiger partial charge in [0.2, 0.25) is 0 Å². The van der Waals surface area contributed by atoms with Crippen molar-refractivity contribution in [2.24, 2.45) is 0 Å². The maximum absolute atomic E-state index is 12.1. The zero-order valence-corrected chi connectivity index (χ0v) is 13.6. The van der Waals surface area contributed by atoms with Crippen LogP contribution in [0.3, 0.4) is 0 Å². The second kappa shape index (κ2) is 6.62. The number of hydrogen-bond acceptors (Lipinski definition) is 5. The molecule has 0 saturated heterocycles. The third-order valence-electron chi connectivity index (χ3n) is 4.00. The van der Waals surface area contributed by atoms with Crippen molar-refractivity contribution in [1.82, 2.24) is 0 Å². The Hall–Kier alpha value is -2.01. The van der Waals surface area contributed by atoms with E-state index in [1.165, 1.54) is 0 Å². The molecule has 3 rings (SSSR count). The Morgan fingerprint density at radius 3 is 2.70 bits per heavy atom. The van der Waals surface area contributed by atoms with Crippen molar-refractivity contribution in [1.29, 1.82) is 0 Å². The van der Waals surface area contributed by atoms with Gasteiger partial charge in [0.15, 0.2) is 0 Å². The first-order chi connectivity index (χ1) is 11.1. The van der Waals surface area contributed by atoms with Crippen molar-refractivity contribution in [2.75, 3.05) is 6.61 Å². The standard InChI is InChI=1S/C17H17ClO5/c1-2-21-17(20)22-9-10-7-13-11-5-3-4-6-12(11)16(19)23-15(13)8-14(10)18/h7-8H,2-6,9H2,1H3. The van der Waals surface area contributed by atoms with Crippen LogP contribution in [0.4, 0.5) is 4.79 Å². The van der Waals surface area contributed by atoms with Crippen LogP contribution in [0.25, 0.3) is 11.0 Å². The lowest BCUT2D eigenvalue weighted by molar-refractivity contribution is 0.0536. The summed E-state index contributed by atoms with van der Waals surface area (Å²) < 4.78 is 15.1. The number of carbonyl (C=O) groups excluding carboxylic acids is 1. The van der Waals surface area contributed by atoms with Gasteiger partial charge in [0, 0.05) is 22.6 Å². The normalized spacial score (nSPS) is 13.7. The average molecular weight is 337 g/mol. The van der Waals surface area contributed by atoms with Gasteiger partial charge in [-0.1, -0.05) is 11.6 Å². The second-order valence-corrected chi connectivity index (χ2v) is 5.87. The third-order valence-corrected chi connectivity index (χ3v) is 4.35. The van der Waals surface area contributed by atoms with Crippen molar-refractivity contribution in [2.45, 2.75) is 39.2 Å². The van der Waals surface area contributed by atoms with Crippen LogP contribution in [0.1, 0.15) is 36.5 Å². The predicted octanol–water partition coefficient (Wildman–Crippen LogP) is 4.00. The summed E-state index contributed by atoms with van der Waals surface area (Å²) in [6, 6.07) is 3.45. The van der Waals surface area contributed by atoms with Crippen molar-refractivity contribution >= 4 is 28.7 Å². The molecule has 2 aromatic rings. The highest BCUT2D eigenvalue weighted by atomic mass is 35.5. The Morgan fingerprint density at radius 2 is 1.96 bits per heavy atom. The fraction of sp³-hybridized carbons (Fsp3) is 0.412. The molecule has 0 fully saturated rings. The van der Waals surface area contributed by atoms with Crippen molar-refractivity contribution < 1.29 is 18.7 Å². The van der Waals surface area contributed by atoms with Gasteiger partial charge < -0.3 is 13.9 Å². The van der Waals surface area contributed by atoms with E-state index >= 15 is 0 Å². The molecule has 0 aliphatic heterocycles. The number of fused-ring (bicyclic) bond motifs is 3. The van der Waals surface area contributed by atoms with E-state index in [1.54, 1.807) is 13.0 Å². The molecule has 0 atom stereocenters. The van der Waals surface area contributed by atoms with E-state index in [2.05, 4.69) is 0 Å². The minimum Gasteiger partial charge on any atom is -0.435 e. The van der Waals surface area contributed by atoms with Crippen molar-refractivity contribution in [3.63, 3.8) is 0 Å². The summed E-state index contributed by atoms with van der Waals surface area (Å²) in [5, 5.41) is 1.26. The SMILES string of the molecule is CCOC(=O)OCc1cc2c3c(c(=O)oc2cc1Cl)CCCC3. The molecule has 122 valence electrons. The number of benzene rings is 1. The molecule has 1 aliphatic carbocycles. The lowest BCUT2D eigenvalue weighted by atomic mass is 9.90. The highest BCUT2D eigenvalue weighted by molar-refractivity contribution is 6.32. The summed E-state index contributed by atoms with van der Waals surface area (Å²) in [6.07, 6.45) is 2.89. The maximum Gasteiger partial charge on any atom is 0.508 e. The van der Waals surface area contributed by atoms with Crippen LogP contribution in [0.15, 0.2) is 21.3 Å². The summed E-state index contributed by atoms with van der Waals surface area (Å²) in [5.41, 5.74) is 2.63. The number of halogens is 1. The van der Waals surface area contributed by atoms with E-state index in [1.807, 2.05) is 6.07 Å². The fourth-order valence-electron chi connectivity index (χ4n) is 2.92. The largest absolute Gasteiger partial charge is 0.508 e. The zero-order chi connectivity index (χ0) is 16.4. The molecule has 0 saturated carbocycles. The molecular weight excluding hydrogens is 320 g/mol. The Balaban J connectivity index is 2.00. The molecule has 1 heterocycles. The quantitative estimate of drug-likeness (QED) is 0.626. The zero-order valence-electron chi connectivity index (χ0n) is 12.8. The summed E-state index contributed by atoms with van der Waals surface area (Å²) in [7, 11) is 0. The van der Waals surface area contributed by atoms with Gasteiger partial charge in [0.05, 0.1) is 11.6 Å². The van der Waals surface area contributed by atoms with E-state index < -0.39 is 6.16 Å². The summed E-state index contributed by atoms with van der Waals surface area (Å²) in [4.78, 5) is 23.4. The molecule has 1 aromatic carbocycles. The number of rotatable bonds is 3. The lowest BCUT2D eigenvalue weighted by Crippen LogP contribution is -2.16. The van der Waals surface area contributed by atoms with Crippen LogP contribution in [-0.2, 0) is 28.9 Å². The molecule has 0 bridgehead atoms. The van der Waals surface area contributed by atoms with Gasteiger partial charge in [-0.25, -0.2) is 9.59 Å². The minimum absolute atomic E-state index is 0.0154. The van der Waals surface area contributed by atoms with Gasteiger partial charge in [0.1, 0.15) is 12.2 Å². The van der Waals surface area contributed by atoms with Gasteiger partial charge in [-0.15, -0.1) is 0 Å². The monoisotopic (exact) mass is 336 g/mol. The van der Waals surface area contributed by atoms with E-state index in [9.17, 15) is 9.59 Å². The Labute approximate surface area is 138 Å². The molecule has 1 aliphatic rings. The minimum atomic E-state index is -0.731. The van der Waals surface area contributed by atoms with Gasteiger partial charge in [-0.3, -0.25) is 0 Å². The number of aryl methyl sites for hydroxylation is 1. The Morgan fingerprint density at radius 1 is 1.22 bits per heavy atom. The molecule has 23 heavy (non-hydrogen) atoms. The smallest absolute Gasteiger partial charge is 0.435 e. The molecule has 0 unspecified atom stereocenters.